The van der Waals surface area contributed by atoms with Gasteiger partial charge in [-0.1, -0.05) is 0 Å². The lowest BCUT2D eigenvalue weighted by molar-refractivity contribution is 0.0569. The van der Waals surface area contributed by atoms with Crippen LogP contribution in [0.5, 0.6) is 0 Å². The topological polar surface area (TPSA) is 56.4 Å². The van der Waals surface area contributed by atoms with Crippen LogP contribution in [0.15, 0.2) is 17.1 Å². The number of aromatic nitrogens is 1. The van der Waals surface area contributed by atoms with Gasteiger partial charge >= 0.3 is 0 Å². The summed E-state index contributed by atoms with van der Waals surface area (Å²) in [6, 6.07) is 2.27. The van der Waals surface area contributed by atoms with Crippen molar-refractivity contribution in [2.75, 3.05) is 26.2 Å². The Hall–Kier alpha value is -1.62. The summed E-state index contributed by atoms with van der Waals surface area (Å²) < 4.78 is 0. The Bertz CT molecular complexity index is 552. The molecule has 0 saturated carbocycles. The van der Waals surface area contributed by atoms with Gasteiger partial charge < -0.3 is 9.88 Å². The third-order valence-corrected chi connectivity index (χ3v) is 4.26. The Balaban J connectivity index is 1.83. The summed E-state index contributed by atoms with van der Waals surface area (Å²) in [5.41, 5.74) is 0.774. The molecule has 1 N–H and O–H groups in total. The van der Waals surface area contributed by atoms with Crippen LogP contribution in [-0.2, 0) is 0 Å². The van der Waals surface area contributed by atoms with Gasteiger partial charge in [-0.05, 0) is 37.9 Å². The van der Waals surface area contributed by atoms with Gasteiger partial charge in [0.25, 0.3) is 11.5 Å². The fourth-order valence-corrected chi connectivity index (χ4v) is 3.18. The number of rotatable bonds is 1. The average Bonchev–Trinajstić information content (AvgIpc) is 2.85. The Kier molecular flexibility index (Phi) is 3.14. The number of hydrogen-bond donors (Lipinski definition) is 1. The molecule has 3 heterocycles. The smallest absolute Gasteiger partial charge is 0.261 e. The number of nitrogens with zero attached hydrogens (tertiary/aromatic N) is 2. The van der Waals surface area contributed by atoms with E-state index in [-0.39, 0.29) is 11.5 Å². The molecule has 1 aromatic rings. The number of hydrogen-bond acceptors (Lipinski definition) is 3. The molecule has 1 unspecified atom stereocenters. The standard InChI is InChI=1S/C14H19N3O2/c1-10-4-5-15-13(18)12(10)14(19)17-8-7-16-6-2-3-11(16)9-17/h4-5,11H,2-3,6-9H2,1H3,(H,15,18). The van der Waals surface area contributed by atoms with Crippen molar-refractivity contribution in [2.24, 2.45) is 0 Å². The van der Waals surface area contributed by atoms with Crippen LogP contribution in [0.1, 0.15) is 28.8 Å². The zero-order valence-corrected chi connectivity index (χ0v) is 11.2. The number of amides is 1. The Morgan fingerprint density at radius 3 is 3.00 bits per heavy atom. The molecule has 0 aliphatic carbocycles. The van der Waals surface area contributed by atoms with Gasteiger partial charge in [0.1, 0.15) is 5.56 Å². The lowest BCUT2D eigenvalue weighted by atomic mass is 10.1. The Morgan fingerprint density at radius 2 is 2.21 bits per heavy atom. The van der Waals surface area contributed by atoms with Crippen molar-refractivity contribution in [2.45, 2.75) is 25.8 Å². The second-order valence-corrected chi connectivity index (χ2v) is 5.45. The highest BCUT2D eigenvalue weighted by Crippen LogP contribution is 2.22. The van der Waals surface area contributed by atoms with E-state index in [0.717, 1.165) is 38.2 Å². The zero-order chi connectivity index (χ0) is 13.4. The van der Waals surface area contributed by atoms with E-state index < -0.39 is 0 Å². The third-order valence-electron chi connectivity index (χ3n) is 4.26. The van der Waals surface area contributed by atoms with E-state index in [1.807, 2.05) is 11.8 Å². The first-order chi connectivity index (χ1) is 9.16. The normalized spacial score (nSPS) is 23.4. The predicted octanol–water partition coefficient (Wildman–Crippen LogP) is 0.604. The summed E-state index contributed by atoms with van der Waals surface area (Å²) in [6.07, 6.45) is 3.97. The van der Waals surface area contributed by atoms with Gasteiger partial charge in [0.15, 0.2) is 0 Å². The van der Waals surface area contributed by atoms with Crippen LogP contribution in [0.2, 0.25) is 0 Å². The highest BCUT2D eigenvalue weighted by atomic mass is 16.2. The van der Waals surface area contributed by atoms with Gasteiger partial charge in [0, 0.05) is 31.9 Å². The molecule has 1 aromatic heterocycles. The van der Waals surface area contributed by atoms with Crippen LogP contribution in [-0.4, -0.2) is 52.9 Å². The molecule has 102 valence electrons. The van der Waals surface area contributed by atoms with Gasteiger partial charge in [-0.3, -0.25) is 14.5 Å². The first kappa shape index (κ1) is 12.4. The SMILES string of the molecule is Cc1cc[nH]c(=O)c1C(=O)N1CCN2CCCC2C1. The molecule has 1 atom stereocenters. The van der Waals surface area contributed by atoms with Gasteiger partial charge in [-0.25, -0.2) is 0 Å². The van der Waals surface area contributed by atoms with E-state index in [1.165, 1.54) is 6.42 Å². The summed E-state index contributed by atoms with van der Waals surface area (Å²) in [5, 5.41) is 0. The van der Waals surface area contributed by atoms with Crippen molar-refractivity contribution >= 4 is 5.91 Å². The molecular formula is C14H19N3O2. The maximum atomic E-state index is 12.5. The first-order valence-electron chi connectivity index (χ1n) is 6.88. The highest BCUT2D eigenvalue weighted by Gasteiger charge is 2.33. The number of carbonyl (C=O) groups is 1. The summed E-state index contributed by atoms with van der Waals surface area (Å²) in [4.78, 5) is 31.2. The first-order valence-corrected chi connectivity index (χ1v) is 6.88. The lowest BCUT2D eigenvalue weighted by Crippen LogP contribution is -2.52. The van der Waals surface area contributed by atoms with Crippen molar-refractivity contribution in [1.82, 2.24) is 14.8 Å². The van der Waals surface area contributed by atoms with Crippen LogP contribution in [0, 0.1) is 6.92 Å². The molecule has 0 aromatic carbocycles. The second-order valence-electron chi connectivity index (χ2n) is 5.45. The zero-order valence-electron chi connectivity index (χ0n) is 11.2. The van der Waals surface area contributed by atoms with Crippen molar-refractivity contribution < 1.29 is 4.79 Å². The van der Waals surface area contributed by atoms with E-state index in [0.29, 0.717) is 11.6 Å². The number of H-pyrrole nitrogens is 1. The highest BCUT2D eigenvalue weighted by molar-refractivity contribution is 5.95. The van der Waals surface area contributed by atoms with Gasteiger partial charge in [0.05, 0.1) is 0 Å². The molecular weight excluding hydrogens is 242 g/mol. The molecule has 0 spiro atoms. The van der Waals surface area contributed by atoms with E-state index in [2.05, 4.69) is 9.88 Å². The maximum absolute atomic E-state index is 12.5. The van der Waals surface area contributed by atoms with E-state index in [9.17, 15) is 9.59 Å². The fourth-order valence-electron chi connectivity index (χ4n) is 3.18. The summed E-state index contributed by atoms with van der Waals surface area (Å²) in [7, 11) is 0. The maximum Gasteiger partial charge on any atom is 0.261 e. The second kappa shape index (κ2) is 4.81. The molecule has 0 radical (unpaired) electrons. The van der Waals surface area contributed by atoms with E-state index >= 15 is 0 Å². The van der Waals surface area contributed by atoms with E-state index in [1.54, 1.807) is 12.3 Å². The summed E-state index contributed by atoms with van der Waals surface area (Å²) >= 11 is 0. The molecule has 0 bridgehead atoms. The largest absolute Gasteiger partial charge is 0.336 e. The molecule has 2 aliphatic heterocycles. The fraction of sp³-hybridized carbons (Fsp3) is 0.571. The predicted molar refractivity (Wildman–Crippen MR) is 72.3 cm³/mol. The molecule has 3 rings (SSSR count). The minimum Gasteiger partial charge on any atom is -0.336 e. The van der Waals surface area contributed by atoms with Crippen LogP contribution >= 0.6 is 0 Å². The number of aryl methyl sites for hydroxylation is 1. The minimum atomic E-state index is -0.279. The summed E-state index contributed by atoms with van der Waals surface area (Å²) in [5.74, 6) is -0.120. The Morgan fingerprint density at radius 1 is 1.37 bits per heavy atom. The monoisotopic (exact) mass is 261 g/mol. The molecule has 2 fully saturated rings. The van der Waals surface area contributed by atoms with E-state index in [4.69, 9.17) is 0 Å². The molecule has 5 heteroatoms. The number of pyridine rings is 1. The molecule has 2 aliphatic rings. The molecule has 19 heavy (non-hydrogen) atoms. The van der Waals surface area contributed by atoms with Crippen molar-refractivity contribution in [3.05, 3.63) is 33.7 Å². The number of carbonyl (C=O) groups excluding carboxylic acids is 1. The molecule has 1 amide bonds. The van der Waals surface area contributed by atoms with Crippen LogP contribution < -0.4 is 5.56 Å². The average molecular weight is 261 g/mol. The van der Waals surface area contributed by atoms with Crippen LogP contribution in [0.3, 0.4) is 0 Å². The van der Waals surface area contributed by atoms with Crippen molar-refractivity contribution in [1.29, 1.82) is 0 Å². The van der Waals surface area contributed by atoms with Gasteiger partial charge in [-0.15, -0.1) is 0 Å². The molecule has 5 nitrogen and oxygen atoms in total. The quantitative estimate of drug-likeness (QED) is 0.805. The van der Waals surface area contributed by atoms with Crippen molar-refractivity contribution in [3.63, 3.8) is 0 Å². The van der Waals surface area contributed by atoms with Gasteiger partial charge in [-0.2, -0.15) is 0 Å². The van der Waals surface area contributed by atoms with Crippen LogP contribution in [0.4, 0.5) is 0 Å². The number of aromatic amines is 1. The summed E-state index contributed by atoms with van der Waals surface area (Å²) in [6.45, 7) is 5.38. The Labute approximate surface area is 112 Å². The number of piperazine rings is 1. The van der Waals surface area contributed by atoms with Gasteiger partial charge in [0.2, 0.25) is 0 Å². The van der Waals surface area contributed by atoms with Crippen LogP contribution in [0.25, 0.3) is 0 Å². The minimum absolute atomic E-state index is 0.120. The lowest BCUT2D eigenvalue weighted by Gasteiger charge is -2.37. The number of fused-ring (bicyclic) bond motifs is 1. The van der Waals surface area contributed by atoms with Crippen molar-refractivity contribution in [3.8, 4) is 0 Å². The number of nitrogens with one attached hydrogen (secondary N) is 1. The third kappa shape index (κ3) is 2.18. The molecule has 2 saturated heterocycles.